The molecule has 94 valence electrons. The van der Waals surface area contributed by atoms with Crippen LogP contribution in [0, 0.1) is 11.7 Å². The molecule has 0 fully saturated rings. The van der Waals surface area contributed by atoms with Crippen LogP contribution < -0.4 is 16.4 Å². The Morgan fingerprint density at radius 2 is 2.06 bits per heavy atom. The summed E-state index contributed by atoms with van der Waals surface area (Å²) in [5.41, 5.74) is 11.7. The van der Waals surface area contributed by atoms with Crippen LogP contribution in [-0.2, 0) is 4.79 Å². The van der Waals surface area contributed by atoms with Crippen LogP contribution in [0.2, 0.25) is 0 Å². The maximum atomic E-state index is 13.2. The van der Waals surface area contributed by atoms with Gasteiger partial charge in [0.2, 0.25) is 5.91 Å². The van der Waals surface area contributed by atoms with Crippen molar-refractivity contribution in [2.24, 2.45) is 11.7 Å². The number of nitrogens with zero attached hydrogens (tertiary/aromatic N) is 1. The van der Waals surface area contributed by atoms with E-state index in [9.17, 15) is 9.18 Å². The summed E-state index contributed by atoms with van der Waals surface area (Å²) < 4.78 is 13.2. The highest BCUT2D eigenvalue weighted by molar-refractivity contribution is 5.79. The van der Waals surface area contributed by atoms with Gasteiger partial charge < -0.3 is 16.4 Å². The summed E-state index contributed by atoms with van der Waals surface area (Å²) in [5.74, 6) is -0.537. The molecule has 5 heteroatoms. The van der Waals surface area contributed by atoms with Crippen LogP contribution in [0.15, 0.2) is 18.2 Å². The number of nitrogen functional groups attached to an aromatic ring is 1. The number of halogens is 1. The molecule has 1 aromatic carbocycles. The first-order valence-corrected chi connectivity index (χ1v) is 5.48. The molecule has 4 N–H and O–H groups in total. The number of hydrogen-bond donors (Lipinski definition) is 2. The van der Waals surface area contributed by atoms with Crippen LogP contribution in [0.3, 0.4) is 0 Å². The molecule has 0 saturated heterocycles. The van der Waals surface area contributed by atoms with Crippen molar-refractivity contribution in [2.45, 2.75) is 13.8 Å². The molecule has 1 amide bonds. The second-order valence-electron chi connectivity index (χ2n) is 4.48. The number of primary amides is 1. The summed E-state index contributed by atoms with van der Waals surface area (Å²) in [4.78, 5) is 12.7. The molecule has 0 aliphatic rings. The molecule has 0 bridgehead atoms. The Labute approximate surface area is 100 Å². The molecule has 0 heterocycles. The number of rotatable bonds is 5. The van der Waals surface area contributed by atoms with Crippen LogP contribution in [0.4, 0.5) is 15.8 Å². The first-order chi connectivity index (χ1) is 7.88. The van der Waals surface area contributed by atoms with E-state index in [-0.39, 0.29) is 6.54 Å². The summed E-state index contributed by atoms with van der Waals surface area (Å²) in [6.07, 6.45) is 0. The van der Waals surface area contributed by atoms with E-state index in [1.54, 1.807) is 11.0 Å². The summed E-state index contributed by atoms with van der Waals surface area (Å²) in [6, 6.07) is 4.22. The second-order valence-corrected chi connectivity index (χ2v) is 4.48. The van der Waals surface area contributed by atoms with Gasteiger partial charge in [-0.1, -0.05) is 13.8 Å². The van der Waals surface area contributed by atoms with E-state index in [0.717, 1.165) is 0 Å². The predicted molar refractivity (Wildman–Crippen MR) is 67.1 cm³/mol. The van der Waals surface area contributed by atoms with Gasteiger partial charge in [-0.25, -0.2) is 4.39 Å². The highest BCUT2D eigenvalue weighted by Crippen LogP contribution is 2.20. The van der Waals surface area contributed by atoms with Crippen molar-refractivity contribution < 1.29 is 9.18 Å². The lowest BCUT2D eigenvalue weighted by molar-refractivity contribution is -0.116. The van der Waals surface area contributed by atoms with Crippen molar-refractivity contribution in [2.75, 3.05) is 23.7 Å². The monoisotopic (exact) mass is 239 g/mol. The summed E-state index contributed by atoms with van der Waals surface area (Å²) >= 11 is 0. The van der Waals surface area contributed by atoms with Gasteiger partial charge in [0.05, 0.1) is 6.54 Å². The zero-order valence-corrected chi connectivity index (χ0v) is 10.1. The van der Waals surface area contributed by atoms with Crippen LogP contribution in [0.5, 0.6) is 0 Å². The van der Waals surface area contributed by atoms with Crippen molar-refractivity contribution in [1.29, 1.82) is 0 Å². The lowest BCUT2D eigenvalue weighted by Gasteiger charge is -2.25. The number of amides is 1. The Morgan fingerprint density at radius 3 is 2.53 bits per heavy atom. The lowest BCUT2D eigenvalue weighted by atomic mass is 10.1. The number of carbonyl (C=O) groups excluding carboxylic acids is 1. The maximum absolute atomic E-state index is 13.2. The fourth-order valence-electron chi connectivity index (χ4n) is 1.67. The van der Waals surface area contributed by atoms with Crippen LogP contribution in [-0.4, -0.2) is 19.0 Å². The summed E-state index contributed by atoms with van der Waals surface area (Å²) in [6.45, 7) is 4.69. The van der Waals surface area contributed by atoms with Crippen molar-refractivity contribution in [3.05, 3.63) is 24.0 Å². The average molecular weight is 239 g/mol. The first-order valence-electron chi connectivity index (χ1n) is 5.48. The Hall–Kier alpha value is -1.78. The standard InChI is InChI=1S/C12H18FN3O/c1-8(2)6-16(7-12(15)17)11-4-9(13)3-10(14)5-11/h3-5,8H,6-7,14H2,1-2H3,(H2,15,17). The van der Waals surface area contributed by atoms with Crippen molar-refractivity contribution in [3.8, 4) is 0 Å². The van der Waals surface area contributed by atoms with E-state index < -0.39 is 11.7 Å². The molecule has 0 atom stereocenters. The Bertz CT molecular complexity index is 386. The van der Waals surface area contributed by atoms with Crippen molar-refractivity contribution >= 4 is 17.3 Å². The van der Waals surface area contributed by atoms with Gasteiger partial charge in [-0.15, -0.1) is 0 Å². The number of anilines is 2. The molecule has 1 aromatic rings. The number of carbonyl (C=O) groups is 1. The summed E-state index contributed by atoms with van der Waals surface area (Å²) in [7, 11) is 0. The molecule has 0 aliphatic heterocycles. The van der Waals surface area contributed by atoms with Crippen LogP contribution >= 0.6 is 0 Å². The van der Waals surface area contributed by atoms with Gasteiger partial charge in [-0.05, 0) is 24.1 Å². The molecule has 1 rings (SSSR count). The fraction of sp³-hybridized carbons (Fsp3) is 0.417. The molecule has 0 saturated carbocycles. The number of nitrogens with two attached hydrogens (primary N) is 2. The Kier molecular flexibility index (Phi) is 4.31. The van der Waals surface area contributed by atoms with Gasteiger partial charge in [-0.3, -0.25) is 4.79 Å². The van der Waals surface area contributed by atoms with Gasteiger partial charge in [0.1, 0.15) is 5.82 Å². The van der Waals surface area contributed by atoms with Crippen molar-refractivity contribution in [1.82, 2.24) is 0 Å². The van der Waals surface area contributed by atoms with E-state index in [2.05, 4.69) is 0 Å². The highest BCUT2D eigenvalue weighted by Gasteiger charge is 2.12. The molecule has 17 heavy (non-hydrogen) atoms. The predicted octanol–water partition coefficient (Wildman–Crippen LogP) is 1.36. The second kappa shape index (κ2) is 5.52. The molecular formula is C12H18FN3O. The third-order valence-corrected chi connectivity index (χ3v) is 2.20. The van der Waals surface area contributed by atoms with E-state index >= 15 is 0 Å². The molecule has 0 aliphatic carbocycles. The topological polar surface area (TPSA) is 72.3 Å². The molecule has 0 spiro atoms. The minimum Gasteiger partial charge on any atom is -0.399 e. The minimum atomic E-state index is -0.450. The van der Waals surface area contributed by atoms with Gasteiger partial charge >= 0.3 is 0 Å². The lowest BCUT2D eigenvalue weighted by Crippen LogP contribution is -2.36. The van der Waals surface area contributed by atoms with Crippen LogP contribution in [0.25, 0.3) is 0 Å². The number of hydrogen-bond acceptors (Lipinski definition) is 3. The third kappa shape index (κ3) is 4.30. The highest BCUT2D eigenvalue weighted by atomic mass is 19.1. The molecule has 4 nitrogen and oxygen atoms in total. The minimum absolute atomic E-state index is 0.0566. The van der Waals surface area contributed by atoms with Gasteiger partial charge in [0.15, 0.2) is 0 Å². The quantitative estimate of drug-likeness (QED) is 0.762. The largest absolute Gasteiger partial charge is 0.399 e. The van der Waals surface area contributed by atoms with Crippen molar-refractivity contribution in [3.63, 3.8) is 0 Å². The third-order valence-electron chi connectivity index (χ3n) is 2.20. The average Bonchev–Trinajstić information content (AvgIpc) is 2.13. The van der Waals surface area contributed by atoms with E-state index in [0.29, 0.717) is 23.8 Å². The maximum Gasteiger partial charge on any atom is 0.236 e. The zero-order chi connectivity index (χ0) is 13.0. The fourth-order valence-corrected chi connectivity index (χ4v) is 1.67. The van der Waals surface area contributed by atoms with E-state index in [1.165, 1.54) is 12.1 Å². The molecular weight excluding hydrogens is 221 g/mol. The molecule has 0 radical (unpaired) electrons. The smallest absolute Gasteiger partial charge is 0.236 e. The zero-order valence-electron chi connectivity index (χ0n) is 10.1. The van der Waals surface area contributed by atoms with Crippen LogP contribution in [0.1, 0.15) is 13.8 Å². The summed E-state index contributed by atoms with van der Waals surface area (Å²) in [5, 5.41) is 0. The van der Waals surface area contributed by atoms with Gasteiger partial charge in [0, 0.05) is 17.9 Å². The first kappa shape index (κ1) is 13.3. The SMILES string of the molecule is CC(C)CN(CC(N)=O)c1cc(N)cc(F)c1. The van der Waals surface area contributed by atoms with Gasteiger partial charge in [0.25, 0.3) is 0 Å². The van der Waals surface area contributed by atoms with E-state index in [1.807, 2.05) is 13.8 Å². The Balaban J connectivity index is 2.98. The normalized spacial score (nSPS) is 10.6. The molecule has 0 aromatic heterocycles. The number of benzene rings is 1. The van der Waals surface area contributed by atoms with E-state index in [4.69, 9.17) is 11.5 Å². The Morgan fingerprint density at radius 1 is 1.41 bits per heavy atom. The van der Waals surface area contributed by atoms with Gasteiger partial charge in [-0.2, -0.15) is 0 Å². The molecule has 0 unspecified atom stereocenters.